The second kappa shape index (κ2) is 7.73. The Morgan fingerprint density at radius 3 is 2.59 bits per heavy atom. The summed E-state index contributed by atoms with van der Waals surface area (Å²) in [6, 6.07) is 12.0. The van der Waals surface area contributed by atoms with Crippen molar-refractivity contribution < 1.29 is 14.3 Å². The third kappa shape index (κ3) is 3.23. The first kappa shape index (κ1) is 18.1. The highest BCUT2D eigenvalue weighted by molar-refractivity contribution is 6.23. The number of fused-ring (bicyclic) bond motifs is 3. The summed E-state index contributed by atoms with van der Waals surface area (Å²) in [6.07, 6.45) is 4.44. The molecular weight excluding hydrogens is 338 g/mol. The Morgan fingerprint density at radius 2 is 1.89 bits per heavy atom. The van der Waals surface area contributed by atoms with Crippen molar-refractivity contribution in [2.45, 2.75) is 51.7 Å². The summed E-state index contributed by atoms with van der Waals surface area (Å²) >= 11 is 0. The Morgan fingerprint density at radius 1 is 1.07 bits per heavy atom. The highest BCUT2D eigenvalue weighted by Crippen LogP contribution is 2.46. The number of nitrogens with one attached hydrogen (secondary N) is 1. The smallest absolute Gasteiger partial charge is 0.198 e. The highest BCUT2D eigenvalue weighted by atomic mass is 16.5. The molecule has 0 amide bonds. The average Bonchev–Trinajstić information content (AvgIpc) is 3.01. The number of ether oxygens (including phenoxy) is 2. The minimum absolute atomic E-state index is 0.0209. The van der Waals surface area contributed by atoms with E-state index in [0.29, 0.717) is 29.7 Å². The van der Waals surface area contributed by atoms with Gasteiger partial charge in [-0.05, 0) is 56.0 Å². The molecule has 1 saturated heterocycles. The number of rotatable bonds is 6. The molecule has 1 aliphatic heterocycles. The average molecular weight is 365 g/mol. The number of benzene rings is 2. The van der Waals surface area contributed by atoms with E-state index in [-0.39, 0.29) is 11.9 Å². The van der Waals surface area contributed by atoms with Crippen LogP contribution in [0.5, 0.6) is 11.5 Å². The molecular formula is C23H27NO3. The van der Waals surface area contributed by atoms with Gasteiger partial charge in [-0.3, -0.25) is 4.79 Å². The Balaban J connectivity index is 1.76. The lowest BCUT2D eigenvalue weighted by atomic mass is 9.98. The molecule has 1 fully saturated rings. The van der Waals surface area contributed by atoms with Crippen LogP contribution in [-0.4, -0.2) is 31.1 Å². The van der Waals surface area contributed by atoms with Crippen molar-refractivity contribution in [3.63, 3.8) is 0 Å². The van der Waals surface area contributed by atoms with Gasteiger partial charge < -0.3 is 14.8 Å². The number of hydrogen-bond donors (Lipinski definition) is 1. The number of hydrogen-bond acceptors (Lipinski definition) is 4. The van der Waals surface area contributed by atoms with E-state index in [1.54, 1.807) is 0 Å². The molecule has 4 rings (SSSR count). The summed E-state index contributed by atoms with van der Waals surface area (Å²) in [4.78, 5) is 13.2. The summed E-state index contributed by atoms with van der Waals surface area (Å²) in [5.41, 5.74) is 3.32. The van der Waals surface area contributed by atoms with Gasteiger partial charge in [-0.25, -0.2) is 0 Å². The van der Waals surface area contributed by atoms with E-state index in [1.165, 1.54) is 12.8 Å². The topological polar surface area (TPSA) is 47.6 Å². The van der Waals surface area contributed by atoms with Crippen LogP contribution in [0.4, 0.5) is 0 Å². The van der Waals surface area contributed by atoms with Crippen LogP contribution in [-0.2, 0) is 0 Å². The molecule has 1 N–H and O–H groups in total. The molecule has 0 aromatic heterocycles. The first-order chi connectivity index (χ1) is 13.2. The van der Waals surface area contributed by atoms with Gasteiger partial charge in [0.1, 0.15) is 6.10 Å². The van der Waals surface area contributed by atoms with Crippen molar-refractivity contribution in [1.82, 2.24) is 5.32 Å². The maximum Gasteiger partial charge on any atom is 0.198 e. The lowest BCUT2D eigenvalue weighted by Crippen LogP contribution is -2.45. The molecule has 27 heavy (non-hydrogen) atoms. The maximum absolute atomic E-state index is 13.2. The van der Waals surface area contributed by atoms with Gasteiger partial charge in [0.05, 0.1) is 12.2 Å². The minimum atomic E-state index is 0.0209. The Labute approximate surface area is 160 Å². The fourth-order valence-corrected chi connectivity index (χ4v) is 4.25. The molecule has 0 spiro atoms. The lowest BCUT2D eigenvalue weighted by Gasteiger charge is -2.32. The third-order valence-corrected chi connectivity index (χ3v) is 5.58. The molecule has 1 heterocycles. The first-order valence-corrected chi connectivity index (χ1v) is 10.1. The standard InChI is InChI=1S/C23H27NO3/c1-3-19(18-11-7-8-14-24-18)27-23-20(26-4-2)13-12-16-15-9-5-6-10-17(15)22(25)21(16)23/h5-6,9-10,12-13,18-19,24H,3-4,7-8,11,14H2,1-2H3. The third-order valence-electron chi connectivity index (χ3n) is 5.58. The fourth-order valence-electron chi connectivity index (χ4n) is 4.25. The van der Waals surface area contributed by atoms with Crippen molar-refractivity contribution >= 4 is 5.78 Å². The quantitative estimate of drug-likeness (QED) is 0.694. The number of ketones is 1. The number of carbonyl (C=O) groups is 1. The van der Waals surface area contributed by atoms with Crippen molar-refractivity contribution in [3.8, 4) is 22.6 Å². The molecule has 2 aromatic carbocycles. The van der Waals surface area contributed by atoms with Crippen molar-refractivity contribution in [3.05, 3.63) is 47.5 Å². The van der Waals surface area contributed by atoms with Gasteiger partial charge in [0, 0.05) is 11.6 Å². The zero-order valence-electron chi connectivity index (χ0n) is 16.1. The molecule has 1 aliphatic carbocycles. The summed E-state index contributed by atoms with van der Waals surface area (Å²) in [7, 11) is 0. The molecule has 2 unspecified atom stereocenters. The fraction of sp³-hybridized carbons (Fsp3) is 0.435. The first-order valence-electron chi connectivity index (χ1n) is 10.1. The molecule has 4 heteroatoms. The second-order valence-corrected chi connectivity index (χ2v) is 7.24. The van der Waals surface area contributed by atoms with Crippen LogP contribution >= 0.6 is 0 Å². The monoisotopic (exact) mass is 365 g/mol. The Hall–Kier alpha value is -2.33. The summed E-state index contributed by atoms with van der Waals surface area (Å²) < 4.78 is 12.4. The molecule has 2 aliphatic rings. The van der Waals surface area contributed by atoms with Crippen molar-refractivity contribution in [1.29, 1.82) is 0 Å². The summed E-state index contributed by atoms with van der Waals surface area (Å²) in [5.74, 6) is 1.30. The van der Waals surface area contributed by atoms with Crippen LogP contribution in [0, 0.1) is 0 Å². The normalized spacial score (nSPS) is 19.3. The SMILES string of the molecule is CCOc1ccc2c(c1OC(CC)C1CCCCN1)C(=O)c1ccccc1-2. The summed E-state index contributed by atoms with van der Waals surface area (Å²) in [6.45, 7) is 5.66. The van der Waals surface area contributed by atoms with Crippen molar-refractivity contribution in [2.75, 3.05) is 13.2 Å². The van der Waals surface area contributed by atoms with Gasteiger partial charge >= 0.3 is 0 Å². The van der Waals surface area contributed by atoms with Crippen LogP contribution in [0.2, 0.25) is 0 Å². The van der Waals surface area contributed by atoms with E-state index in [0.717, 1.165) is 36.1 Å². The zero-order valence-corrected chi connectivity index (χ0v) is 16.1. The van der Waals surface area contributed by atoms with Gasteiger partial charge in [-0.15, -0.1) is 0 Å². The molecule has 0 saturated carbocycles. The zero-order chi connectivity index (χ0) is 18.8. The van der Waals surface area contributed by atoms with Crippen LogP contribution in [0.1, 0.15) is 55.5 Å². The highest BCUT2D eigenvalue weighted by Gasteiger charge is 2.34. The van der Waals surface area contributed by atoms with E-state index in [9.17, 15) is 4.79 Å². The molecule has 142 valence electrons. The van der Waals surface area contributed by atoms with Crippen LogP contribution in [0.25, 0.3) is 11.1 Å². The molecule has 0 radical (unpaired) electrons. The Bertz CT molecular complexity index is 840. The van der Waals surface area contributed by atoms with E-state index < -0.39 is 0 Å². The number of carbonyl (C=O) groups excluding carboxylic acids is 1. The molecule has 2 aromatic rings. The van der Waals surface area contributed by atoms with Crippen molar-refractivity contribution in [2.24, 2.45) is 0 Å². The van der Waals surface area contributed by atoms with E-state index in [1.807, 2.05) is 43.3 Å². The summed E-state index contributed by atoms with van der Waals surface area (Å²) in [5, 5.41) is 3.59. The predicted molar refractivity (Wildman–Crippen MR) is 107 cm³/mol. The second-order valence-electron chi connectivity index (χ2n) is 7.24. The lowest BCUT2D eigenvalue weighted by molar-refractivity contribution is 0.101. The largest absolute Gasteiger partial charge is 0.490 e. The molecule has 2 atom stereocenters. The van der Waals surface area contributed by atoms with Gasteiger partial charge in [0.25, 0.3) is 0 Å². The Kier molecular flexibility index (Phi) is 5.17. The maximum atomic E-state index is 13.2. The molecule has 4 nitrogen and oxygen atoms in total. The predicted octanol–water partition coefficient (Wildman–Crippen LogP) is 4.60. The molecule has 0 bridgehead atoms. The number of piperidine rings is 1. The van der Waals surface area contributed by atoms with E-state index >= 15 is 0 Å². The van der Waals surface area contributed by atoms with Crippen LogP contribution < -0.4 is 14.8 Å². The van der Waals surface area contributed by atoms with Gasteiger partial charge in [0.15, 0.2) is 17.3 Å². The van der Waals surface area contributed by atoms with Gasteiger partial charge in [-0.1, -0.05) is 37.6 Å². The van der Waals surface area contributed by atoms with Gasteiger partial charge in [-0.2, -0.15) is 0 Å². The van der Waals surface area contributed by atoms with E-state index in [4.69, 9.17) is 9.47 Å². The van der Waals surface area contributed by atoms with Crippen LogP contribution in [0.15, 0.2) is 36.4 Å². The van der Waals surface area contributed by atoms with Gasteiger partial charge in [0.2, 0.25) is 0 Å². The minimum Gasteiger partial charge on any atom is -0.490 e. The van der Waals surface area contributed by atoms with E-state index in [2.05, 4.69) is 12.2 Å². The van der Waals surface area contributed by atoms with Crippen LogP contribution in [0.3, 0.4) is 0 Å².